The van der Waals surface area contributed by atoms with Gasteiger partial charge in [-0.05, 0) is 49.7 Å². The summed E-state index contributed by atoms with van der Waals surface area (Å²) in [7, 11) is 0. The van der Waals surface area contributed by atoms with E-state index in [1.54, 1.807) is 12.4 Å². The molecule has 1 aliphatic rings. The van der Waals surface area contributed by atoms with Gasteiger partial charge in [0.2, 0.25) is 5.91 Å². The lowest BCUT2D eigenvalue weighted by Crippen LogP contribution is -2.50. The predicted octanol–water partition coefficient (Wildman–Crippen LogP) is 4.47. The zero-order valence-corrected chi connectivity index (χ0v) is 20.7. The van der Waals surface area contributed by atoms with E-state index in [2.05, 4.69) is 63.4 Å². The molecule has 0 spiro atoms. The van der Waals surface area contributed by atoms with E-state index in [9.17, 15) is 4.79 Å². The molecule has 8 heteroatoms. The highest BCUT2D eigenvalue weighted by atomic mass is 32.2. The van der Waals surface area contributed by atoms with Crippen molar-refractivity contribution in [3.63, 3.8) is 0 Å². The molecule has 0 saturated carbocycles. The Labute approximate surface area is 209 Å². The third-order valence-electron chi connectivity index (χ3n) is 6.27. The van der Waals surface area contributed by atoms with Crippen molar-refractivity contribution in [3.05, 3.63) is 84.7 Å². The first-order valence-electron chi connectivity index (χ1n) is 11.8. The minimum absolute atomic E-state index is 0.132. The quantitative estimate of drug-likeness (QED) is 0.376. The van der Waals surface area contributed by atoms with Crippen LogP contribution in [-0.2, 0) is 4.79 Å². The van der Waals surface area contributed by atoms with Gasteiger partial charge < -0.3 is 9.80 Å². The Hall–Kier alpha value is -3.65. The molecule has 1 saturated heterocycles. The van der Waals surface area contributed by atoms with Crippen molar-refractivity contribution in [1.29, 1.82) is 0 Å². The second-order valence-electron chi connectivity index (χ2n) is 8.57. The summed E-state index contributed by atoms with van der Waals surface area (Å²) >= 11 is 1.46. The van der Waals surface area contributed by atoms with Gasteiger partial charge in [-0.2, -0.15) is 0 Å². The van der Waals surface area contributed by atoms with Gasteiger partial charge in [0, 0.05) is 49.8 Å². The third kappa shape index (κ3) is 4.93. The number of nitrogens with zero attached hydrogens (tertiary/aromatic N) is 6. The van der Waals surface area contributed by atoms with Gasteiger partial charge in [-0.3, -0.25) is 14.3 Å². The molecule has 7 nitrogen and oxygen atoms in total. The molecule has 1 fully saturated rings. The van der Waals surface area contributed by atoms with Crippen molar-refractivity contribution < 1.29 is 4.79 Å². The molecule has 2 aromatic heterocycles. The summed E-state index contributed by atoms with van der Waals surface area (Å²) in [5, 5.41) is 9.43. The maximum absolute atomic E-state index is 13.4. The molecule has 0 radical (unpaired) electrons. The van der Waals surface area contributed by atoms with Crippen molar-refractivity contribution in [2.24, 2.45) is 0 Å². The van der Waals surface area contributed by atoms with Crippen LogP contribution in [0.3, 0.4) is 0 Å². The fraction of sp³-hybridized carbons (Fsp3) is 0.259. The number of thioether (sulfide) groups is 1. The Morgan fingerprint density at radius 1 is 0.886 bits per heavy atom. The zero-order chi connectivity index (χ0) is 24.2. The maximum atomic E-state index is 13.4. The summed E-state index contributed by atoms with van der Waals surface area (Å²) in [4.78, 5) is 21.8. The minimum Gasteiger partial charge on any atom is -0.368 e. The lowest BCUT2D eigenvalue weighted by atomic mass is 10.2. The number of amides is 1. The number of para-hydroxylation sites is 2. The van der Waals surface area contributed by atoms with Crippen LogP contribution in [0.4, 0.5) is 5.69 Å². The number of carbonyl (C=O) groups is 1. The monoisotopic (exact) mass is 484 g/mol. The largest absolute Gasteiger partial charge is 0.368 e. The molecule has 0 aliphatic carbocycles. The Morgan fingerprint density at radius 2 is 1.57 bits per heavy atom. The number of pyridine rings is 1. The first kappa shape index (κ1) is 23.1. The molecule has 1 unspecified atom stereocenters. The number of carbonyl (C=O) groups excluding carboxylic acids is 1. The fourth-order valence-corrected chi connectivity index (χ4v) is 5.30. The highest BCUT2D eigenvalue weighted by molar-refractivity contribution is 8.00. The van der Waals surface area contributed by atoms with Crippen LogP contribution in [0.25, 0.3) is 17.1 Å². The normalized spacial score (nSPS) is 14.7. The highest BCUT2D eigenvalue weighted by Gasteiger charge is 2.28. The molecule has 5 rings (SSSR count). The van der Waals surface area contributed by atoms with Crippen molar-refractivity contribution in [3.8, 4) is 17.1 Å². The fourth-order valence-electron chi connectivity index (χ4n) is 4.36. The lowest BCUT2D eigenvalue weighted by Gasteiger charge is -2.37. The lowest BCUT2D eigenvalue weighted by molar-refractivity contribution is -0.130. The molecule has 4 aromatic rings. The summed E-state index contributed by atoms with van der Waals surface area (Å²) in [6.07, 6.45) is 3.50. The summed E-state index contributed by atoms with van der Waals surface area (Å²) in [6, 6.07) is 22.4. The van der Waals surface area contributed by atoms with Gasteiger partial charge in [-0.15, -0.1) is 10.2 Å². The van der Waals surface area contributed by atoms with Gasteiger partial charge in [-0.1, -0.05) is 48.2 Å². The summed E-state index contributed by atoms with van der Waals surface area (Å²) < 4.78 is 2.05. The smallest absolute Gasteiger partial charge is 0.236 e. The zero-order valence-electron chi connectivity index (χ0n) is 19.9. The molecule has 0 N–H and O–H groups in total. The Balaban J connectivity index is 1.35. The van der Waals surface area contributed by atoms with E-state index in [4.69, 9.17) is 0 Å². The van der Waals surface area contributed by atoms with Crippen molar-refractivity contribution >= 4 is 23.4 Å². The average molecular weight is 485 g/mol. The standard InChI is InChI=1S/C27H28N6OS/c1-20-8-6-7-11-24(20)33-25(22-12-14-28-15-13-22)29-30-27(33)35-21(2)26(34)32-18-16-31(17-19-32)23-9-4-3-5-10-23/h3-15,21H,16-19H2,1-2H3. The number of hydrogen-bond donors (Lipinski definition) is 0. The first-order chi connectivity index (χ1) is 17.1. The Bertz CT molecular complexity index is 1290. The average Bonchev–Trinajstić information content (AvgIpc) is 3.32. The van der Waals surface area contributed by atoms with Gasteiger partial charge in [0.05, 0.1) is 10.9 Å². The van der Waals surface area contributed by atoms with Crippen LogP contribution >= 0.6 is 11.8 Å². The van der Waals surface area contributed by atoms with Crippen LogP contribution < -0.4 is 4.90 Å². The molecular weight excluding hydrogens is 456 g/mol. The highest BCUT2D eigenvalue weighted by Crippen LogP contribution is 2.32. The van der Waals surface area contributed by atoms with Crippen LogP contribution in [-0.4, -0.2) is 62.0 Å². The van der Waals surface area contributed by atoms with Crippen molar-refractivity contribution in [2.75, 3.05) is 31.1 Å². The minimum atomic E-state index is -0.282. The molecule has 1 atom stereocenters. The summed E-state index contributed by atoms with van der Waals surface area (Å²) in [5.74, 6) is 0.868. The molecule has 1 amide bonds. The van der Waals surface area contributed by atoms with Crippen LogP contribution in [0.15, 0.2) is 84.3 Å². The maximum Gasteiger partial charge on any atom is 0.236 e. The molecule has 0 bridgehead atoms. The van der Waals surface area contributed by atoms with Crippen LogP contribution in [0.1, 0.15) is 12.5 Å². The molecular formula is C27H28N6OS. The van der Waals surface area contributed by atoms with E-state index in [1.807, 2.05) is 46.7 Å². The number of aryl methyl sites for hydroxylation is 1. The first-order valence-corrected chi connectivity index (χ1v) is 12.7. The van der Waals surface area contributed by atoms with Crippen molar-refractivity contribution in [1.82, 2.24) is 24.6 Å². The van der Waals surface area contributed by atoms with E-state index in [1.165, 1.54) is 17.4 Å². The van der Waals surface area contributed by atoms with Gasteiger partial charge >= 0.3 is 0 Å². The van der Waals surface area contributed by atoms with Crippen LogP contribution in [0.2, 0.25) is 0 Å². The van der Waals surface area contributed by atoms with Gasteiger partial charge in [0.1, 0.15) is 0 Å². The Morgan fingerprint density at radius 3 is 2.29 bits per heavy atom. The van der Waals surface area contributed by atoms with Crippen LogP contribution in [0, 0.1) is 6.92 Å². The predicted molar refractivity (Wildman–Crippen MR) is 140 cm³/mol. The molecule has 178 valence electrons. The Kier molecular flexibility index (Phi) is 6.81. The number of aromatic nitrogens is 4. The topological polar surface area (TPSA) is 67.2 Å². The number of anilines is 1. The molecule has 2 aromatic carbocycles. The second-order valence-corrected chi connectivity index (χ2v) is 9.88. The van der Waals surface area contributed by atoms with E-state index in [-0.39, 0.29) is 11.2 Å². The van der Waals surface area contributed by atoms with E-state index < -0.39 is 0 Å². The number of hydrogen-bond acceptors (Lipinski definition) is 6. The van der Waals surface area contributed by atoms with Gasteiger partial charge in [-0.25, -0.2) is 0 Å². The third-order valence-corrected chi connectivity index (χ3v) is 7.30. The summed E-state index contributed by atoms with van der Waals surface area (Å²) in [5.41, 5.74) is 4.25. The number of benzene rings is 2. The van der Waals surface area contributed by atoms with E-state index >= 15 is 0 Å². The number of piperazine rings is 1. The SMILES string of the molecule is Cc1ccccc1-n1c(SC(C)C(=O)N2CCN(c3ccccc3)CC2)nnc1-c1ccncc1. The van der Waals surface area contributed by atoms with E-state index in [0.29, 0.717) is 18.2 Å². The second kappa shape index (κ2) is 10.3. The van der Waals surface area contributed by atoms with Crippen LogP contribution in [0.5, 0.6) is 0 Å². The van der Waals surface area contributed by atoms with Gasteiger partial charge in [0.15, 0.2) is 11.0 Å². The summed E-state index contributed by atoms with van der Waals surface area (Å²) in [6.45, 7) is 7.12. The molecule has 3 heterocycles. The number of rotatable bonds is 6. The van der Waals surface area contributed by atoms with Crippen molar-refractivity contribution in [2.45, 2.75) is 24.3 Å². The molecule has 1 aliphatic heterocycles. The molecule has 35 heavy (non-hydrogen) atoms. The van der Waals surface area contributed by atoms with Gasteiger partial charge in [0.25, 0.3) is 0 Å². The van der Waals surface area contributed by atoms with E-state index in [0.717, 1.165) is 35.7 Å².